The lowest BCUT2D eigenvalue weighted by Crippen LogP contribution is -2.14. The molecule has 158 valence electrons. The van der Waals surface area contributed by atoms with E-state index in [2.05, 4.69) is 15.4 Å². The molecule has 5 rings (SSSR count). The van der Waals surface area contributed by atoms with Gasteiger partial charge < -0.3 is 14.5 Å². The van der Waals surface area contributed by atoms with Gasteiger partial charge in [-0.15, -0.1) is 0 Å². The van der Waals surface area contributed by atoms with Crippen LogP contribution in [-0.2, 0) is 17.8 Å². The Morgan fingerprint density at radius 3 is 2.72 bits per heavy atom. The minimum Gasteiger partial charge on any atom is -0.487 e. The Kier molecular flexibility index (Phi) is 5.36. The third kappa shape index (κ3) is 4.52. The number of hydrogen-bond donors (Lipinski definition) is 1. The van der Waals surface area contributed by atoms with Gasteiger partial charge in [-0.25, -0.2) is 9.67 Å². The molecule has 7 heteroatoms. The zero-order valence-electron chi connectivity index (χ0n) is 17.3. The number of carbonyl (C=O) groups excluding carboxylic acids is 1. The first-order valence-corrected chi connectivity index (χ1v) is 10.3. The molecule has 3 heterocycles. The standard InChI is InChI=1S/C25H21N5O2/c31-25(13-19-15-26-30(16-19)22-8-2-1-3-9-22)28-20-7-6-10-23(14-20)32-18-21-17-29-12-5-4-11-24(29)27-21/h1-12,14-17H,13,18H2,(H,28,31). The van der Waals surface area contributed by atoms with Crippen LogP contribution in [0.4, 0.5) is 5.69 Å². The van der Waals surface area contributed by atoms with E-state index >= 15 is 0 Å². The molecule has 0 aliphatic carbocycles. The molecule has 1 amide bonds. The van der Waals surface area contributed by atoms with E-state index in [1.54, 1.807) is 16.9 Å². The Morgan fingerprint density at radius 2 is 1.84 bits per heavy atom. The van der Waals surface area contributed by atoms with Crippen molar-refractivity contribution >= 4 is 17.2 Å². The highest BCUT2D eigenvalue weighted by molar-refractivity contribution is 5.92. The molecule has 0 aliphatic heterocycles. The molecule has 0 saturated carbocycles. The van der Waals surface area contributed by atoms with Crippen LogP contribution in [0.2, 0.25) is 0 Å². The fraction of sp³-hybridized carbons (Fsp3) is 0.0800. The summed E-state index contributed by atoms with van der Waals surface area (Å²) in [4.78, 5) is 17.0. The van der Waals surface area contributed by atoms with Gasteiger partial charge in [-0.1, -0.05) is 30.3 Å². The van der Waals surface area contributed by atoms with Crippen molar-refractivity contribution in [2.45, 2.75) is 13.0 Å². The summed E-state index contributed by atoms with van der Waals surface area (Å²) < 4.78 is 9.59. The number of amides is 1. The van der Waals surface area contributed by atoms with E-state index in [0.29, 0.717) is 18.0 Å². The number of imidazole rings is 1. The molecule has 7 nitrogen and oxygen atoms in total. The fourth-order valence-electron chi connectivity index (χ4n) is 3.44. The first kappa shape index (κ1) is 19.6. The fourth-order valence-corrected chi connectivity index (χ4v) is 3.44. The summed E-state index contributed by atoms with van der Waals surface area (Å²) in [7, 11) is 0. The minimum atomic E-state index is -0.116. The van der Waals surface area contributed by atoms with Gasteiger partial charge in [0.2, 0.25) is 5.91 Å². The smallest absolute Gasteiger partial charge is 0.228 e. The molecule has 0 aliphatic rings. The van der Waals surface area contributed by atoms with Crippen molar-refractivity contribution < 1.29 is 9.53 Å². The van der Waals surface area contributed by atoms with Crippen LogP contribution in [0, 0.1) is 0 Å². The van der Waals surface area contributed by atoms with Crippen LogP contribution in [0.25, 0.3) is 11.3 Å². The lowest BCUT2D eigenvalue weighted by Gasteiger charge is -2.08. The van der Waals surface area contributed by atoms with Gasteiger partial charge in [0.15, 0.2) is 0 Å². The summed E-state index contributed by atoms with van der Waals surface area (Å²) in [6.07, 6.45) is 7.70. The van der Waals surface area contributed by atoms with Crippen LogP contribution in [0.15, 0.2) is 97.6 Å². The summed E-state index contributed by atoms with van der Waals surface area (Å²) in [5.74, 6) is 0.548. The van der Waals surface area contributed by atoms with E-state index in [1.165, 1.54) is 0 Å². The van der Waals surface area contributed by atoms with Gasteiger partial charge in [0, 0.05) is 30.3 Å². The van der Waals surface area contributed by atoms with Gasteiger partial charge in [-0.05, 0) is 42.0 Å². The summed E-state index contributed by atoms with van der Waals surface area (Å²) in [5, 5.41) is 7.26. The molecule has 3 aromatic heterocycles. The van der Waals surface area contributed by atoms with Crippen LogP contribution in [-0.4, -0.2) is 25.1 Å². The highest BCUT2D eigenvalue weighted by atomic mass is 16.5. The molecule has 32 heavy (non-hydrogen) atoms. The van der Waals surface area contributed by atoms with E-state index in [4.69, 9.17) is 4.74 Å². The Hall–Kier alpha value is -4.39. The number of ether oxygens (including phenoxy) is 1. The van der Waals surface area contributed by atoms with Gasteiger partial charge in [0.05, 0.1) is 24.0 Å². The quantitative estimate of drug-likeness (QED) is 0.424. The van der Waals surface area contributed by atoms with E-state index in [9.17, 15) is 4.79 Å². The molecular weight excluding hydrogens is 402 g/mol. The number of fused-ring (bicyclic) bond motifs is 1. The Bertz CT molecular complexity index is 1320. The van der Waals surface area contributed by atoms with Gasteiger partial charge in [0.25, 0.3) is 0 Å². The van der Waals surface area contributed by atoms with Crippen molar-refractivity contribution in [3.63, 3.8) is 0 Å². The third-order valence-corrected chi connectivity index (χ3v) is 4.94. The predicted molar refractivity (Wildman–Crippen MR) is 122 cm³/mol. The molecule has 5 aromatic rings. The highest BCUT2D eigenvalue weighted by Crippen LogP contribution is 2.19. The number of rotatable bonds is 7. The second-order valence-corrected chi connectivity index (χ2v) is 7.37. The maximum absolute atomic E-state index is 12.5. The van der Waals surface area contributed by atoms with Crippen molar-refractivity contribution in [1.29, 1.82) is 0 Å². The third-order valence-electron chi connectivity index (χ3n) is 4.94. The zero-order chi connectivity index (χ0) is 21.8. The minimum absolute atomic E-state index is 0.116. The van der Waals surface area contributed by atoms with E-state index in [1.807, 2.05) is 89.7 Å². The molecule has 0 saturated heterocycles. The second-order valence-electron chi connectivity index (χ2n) is 7.37. The first-order valence-electron chi connectivity index (χ1n) is 10.3. The molecule has 0 spiro atoms. The average Bonchev–Trinajstić information content (AvgIpc) is 3.45. The van der Waals surface area contributed by atoms with Crippen LogP contribution in [0.5, 0.6) is 5.75 Å². The van der Waals surface area contributed by atoms with Crippen LogP contribution in [0.3, 0.4) is 0 Å². The molecule has 0 bridgehead atoms. The molecule has 0 fully saturated rings. The van der Waals surface area contributed by atoms with Crippen LogP contribution < -0.4 is 10.1 Å². The number of nitrogens with zero attached hydrogens (tertiary/aromatic N) is 4. The van der Waals surface area contributed by atoms with E-state index in [-0.39, 0.29) is 12.3 Å². The SMILES string of the molecule is O=C(Cc1cnn(-c2ccccc2)c1)Nc1cccc(OCc2cn3ccccc3n2)c1. The number of carbonyl (C=O) groups is 1. The lowest BCUT2D eigenvalue weighted by atomic mass is 10.2. The number of pyridine rings is 1. The average molecular weight is 423 g/mol. The van der Waals surface area contributed by atoms with Crippen LogP contribution in [0.1, 0.15) is 11.3 Å². The van der Waals surface area contributed by atoms with Crippen molar-refractivity contribution in [1.82, 2.24) is 19.2 Å². The molecule has 1 N–H and O–H groups in total. The number of para-hydroxylation sites is 1. The van der Waals surface area contributed by atoms with Gasteiger partial charge in [-0.2, -0.15) is 5.10 Å². The molecule has 0 radical (unpaired) electrons. The Balaban J connectivity index is 1.19. The second kappa shape index (κ2) is 8.77. The largest absolute Gasteiger partial charge is 0.487 e. The van der Waals surface area contributed by atoms with Gasteiger partial charge >= 0.3 is 0 Å². The first-order chi connectivity index (χ1) is 15.7. The van der Waals surface area contributed by atoms with Crippen molar-refractivity contribution in [3.05, 3.63) is 109 Å². The molecule has 2 aromatic carbocycles. The highest BCUT2D eigenvalue weighted by Gasteiger charge is 2.09. The molecular formula is C25H21N5O2. The number of nitrogens with one attached hydrogen (secondary N) is 1. The van der Waals surface area contributed by atoms with Gasteiger partial charge in [-0.3, -0.25) is 4.79 Å². The maximum atomic E-state index is 12.5. The summed E-state index contributed by atoms with van der Waals surface area (Å²) >= 11 is 0. The Labute approximate surface area is 184 Å². The molecule has 0 unspecified atom stereocenters. The van der Waals surface area contributed by atoms with Crippen LogP contribution >= 0.6 is 0 Å². The summed E-state index contributed by atoms with van der Waals surface area (Å²) in [5.41, 5.74) is 4.18. The topological polar surface area (TPSA) is 73.5 Å². The van der Waals surface area contributed by atoms with Crippen molar-refractivity contribution in [2.24, 2.45) is 0 Å². The lowest BCUT2D eigenvalue weighted by molar-refractivity contribution is -0.115. The monoisotopic (exact) mass is 423 g/mol. The number of benzene rings is 2. The predicted octanol–water partition coefficient (Wildman–Crippen LogP) is 4.28. The van der Waals surface area contributed by atoms with E-state index < -0.39 is 0 Å². The maximum Gasteiger partial charge on any atom is 0.228 e. The Morgan fingerprint density at radius 1 is 0.969 bits per heavy atom. The van der Waals surface area contributed by atoms with Crippen molar-refractivity contribution in [3.8, 4) is 11.4 Å². The normalized spacial score (nSPS) is 10.9. The number of anilines is 1. The summed E-state index contributed by atoms with van der Waals surface area (Å²) in [6, 6.07) is 23.0. The van der Waals surface area contributed by atoms with E-state index in [0.717, 1.165) is 22.6 Å². The van der Waals surface area contributed by atoms with Gasteiger partial charge in [0.1, 0.15) is 18.0 Å². The van der Waals surface area contributed by atoms with Crippen molar-refractivity contribution in [2.75, 3.05) is 5.32 Å². The zero-order valence-corrected chi connectivity index (χ0v) is 17.3. The summed E-state index contributed by atoms with van der Waals surface area (Å²) in [6.45, 7) is 0.345. The number of aromatic nitrogens is 4. The number of hydrogen-bond acceptors (Lipinski definition) is 4. The molecule has 0 atom stereocenters.